The molecule has 0 fully saturated rings. The van der Waals surface area contributed by atoms with Gasteiger partial charge in [0.2, 0.25) is 5.91 Å². The van der Waals surface area contributed by atoms with Gasteiger partial charge in [0, 0.05) is 6.08 Å². The molecule has 0 radical (unpaired) electrons. The maximum Gasteiger partial charge on any atom is 0.273 e. The number of benzene rings is 2. The summed E-state index contributed by atoms with van der Waals surface area (Å²) in [5.41, 5.74) is 6.16. The summed E-state index contributed by atoms with van der Waals surface area (Å²) in [5, 5.41) is 2.43. The van der Waals surface area contributed by atoms with E-state index in [1.807, 2.05) is 38.1 Å². The quantitative estimate of drug-likeness (QED) is 0.341. The van der Waals surface area contributed by atoms with E-state index in [4.69, 9.17) is 21.7 Å². The average molecular weight is 428 g/mol. The summed E-state index contributed by atoms with van der Waals surface area (Å²) < 4.78 is 10.9. The van der Waals surface area contributed by atoms with Crippen molar-refractivity contribution in [3.63, 3.8) is 0 Å². The second-order valence-electron chi connectivity index (χ2n) is 6.08. The summed E-state index contributed by atoms with van der Waals surface area (Å²) in [6, 6.07) is 14.2. The number of hydrogen-bond donors (Lipinski definition) is 3. The normalized spacial score (nSPS) is 10.3. The molecule has 0 aliphatic heterocycles. The monoisotopic (exact) mass is 427 g/mol. The van der Waals surface area contributed by atoms with Crippen molar-refractivity contribution in [3.05, 3.63) is 65.7 Å². The van der Waals surface area contributed by atoms with Crippen molar-refractivity contribution in [2.24, 2.45) is 0 Å². The Balaban J connectivity index is 1.82. The summed E-state index contributed by atoms with van der Waals surface area (Å²) in [7, 11) is 0. The molecule has 2 amide bonds. The van der Waals surface area contributed by atoms with Crippen LogP contribution < -0.4 is 25.6 Å². The van der Waals surface area contributed by atoms with E-state index < -0.39 is 11.8 Å². The van der Waals surface area contributed by atoms with Gasteiger partial charge in [0.15, 0.2) is 5.11 Å². The summed E-state index contributed by atoms with van der Waals surface area (Å²) in [6.45, 7) is 5.00. The van der Waals surface area contributed by atoms with Crippen LogP contribution in [0.5, 0.6) is 11.5 Å². The van der Waals surface area contributed by atoms with E-state index in [-0.39, 0.29) is 5.11 Å². The summed E-state index contributed by atoms with van der Waals surface area (Å²) >= 11 is 5.04. The lowest BCUT2D eigenvalue weighted by molar-refractivity contribution is -0.115. The molecule has 0 atom stereocenters. The van der Waals surface area contributed by atoms with E-state index in [0.717, 1.165) is 17.7 Å². The van der Waals surface area contributed by atoms with Crippen molar-refractivity contribution in [1.82, 2.24) is 16.2 Å². The van der Waals surface area contributed by atoms with Gasteiger partial charge in [-0.15, -0.1) is 0 Å². The van der Waals surface area contributed by atoms with Gasteiger partial charge in [0.05, 0.1) is 18.8 Å². The second kappa shape index (κ2) is 12.2. The lowest BCUT2D eigenvalue weighted by Gasteiger charge is -2.12. The summed E-state index contributed by atoms with van der Waals surface area (Å²) in [5.74, 6) is 0.388. The van der Waals surface area contributed by atoms with Gasteiger partial charge < -0.3 is 9.47 Å². The molecule has 2 rings (SSSR count). The zero-order valence-electron chi connectivity index (χ0n) is 16.9. The number of para-hydroxylation sites is 1. The van der Waals surface area contributed by atoms with Crippen molar-refractivity contribution < 1.29 is 19.1 Å². The minimum absolute atomic E-state index is 0.0309. The molecule has 0 heterocycles. The first-order chi connectivity index (χ1) is 14.5. The fourth-order valence-electron chi connectivity index (χ4n) is 2.37. The van der Waals surface area contributed by atoms with Gasteiger partial charge in [-0.2, -0.15) is 0 Å². The third-order valence-corrected chi connectivity index (χ3v) is 3.94. The van der Waals surface area contributed by atoms with E-state index >= 15 is 0 Å². The van der Waals surface area contributed by atoms with E-state index in [1.165, 1.54) is 6.08 Å². The Hall–Kier alpha value is -3.39. The standard InChI is InChI=1S/C22H25N3O4S/c1-3-15-29-19-8-6-5-7-18(19)21(27)24-25-22(30)23-20(26)14-11-16-9-12-17(13-10-16)28-4-2/h5-14H,3-4,15H2,1-2H3,(H,24,27)(H2,23,25,26,30)/b14-11+. The molecule has 2 aromatic rings. The molecule has 0 unspecified atom stereocenters. The maximum absolute atomic E-state index is 12.4. The Morgan fingerprint density at radius 1 is 1.00 bits per heavy atom. The predicted molar refractivity (Wildman–Crippen MR) is 120 cm³/mol. The van der Waals surface area contributed by atoms with Crippen LogP contribution in [0.1, 0.15) is 36.2 Å². The second-order valence-corrected chi connectivity index (χ2v) is 6.49. The van der Waals surface area contributed by atoms with Crippen molar-refractivity contribution in [2.45, 2.75) is 20.3 Å². The number of rotatable bonds is 8. The van der Waals surface area contributed by atoms with Gasteiger partial charge in [0.1, 0.15) is 11.5 Å². The molecule has 0 aliphatic carbocycles. The number of amides is 2. The Bertz CT molecular complexity index is 898. The Morgan fingerprint density at radius 2 is 1.73 bits per heavy atom. The van der Waals surface area contributed by atoms with Gasteiger partial charge >= 0.3 is 0 Å². The third-order valence-electron chi connectivity index (χ3n) is 3.74. The van der Waals surface area contributed by atoms with E-state index in [2.05, 4.69) is 16.2 Å². The van der Waals surface area contributed by atoms with Crippen molar-refractivity contribution in [2.75, 3.05) is 13.2 Å². The molecule has 7 nitrogen and oxygen atoms in total. The molecule has 30 heavy (non-hydrogen) atoms. The SMILES string of the molecule is CCCOc1ccccc1C(=O)NNC(=S)NC(=O)/C=C/c1ccc(OCC)cc1. The van der Waals surface area contributed by atoms with Gasteiger partial charge in [-0.25, -0.2) is 0 Å². The van der Waals surface area contributed by atoms with E-state index in [1.54, 1.807) is 30.3 Å². The van der Waals surface area contributed by atoms with E-state index in [9.17, 15) is 9.59 Å². The minimum Gasteiger partial charge on any atom is -0.494 e. The Morgan fingerprint density at radius 3 is 2.43 bits per heavy atom. The van der Waals surface area contributed by atoms with Crippen molar-refractivity contribution >= 4 is 35.2 Å². The lowest BCUT2D eigenvalue weighted by atomic mass is 10.2. The van der Waals surface area contributed by atoms with E-state index in [0.29, 0.717) is 24.5 Å². The Kier molecular flexibility index (Phi) is 9.33. The van der Waals surface area contributed by atoms with Gasteiger partial charge in [0.25, 0.3) is 5.91 Å². The summed E-state index contributed by atoms with van der Waals surface area (Å²) in [4.78, 5) is 24.4. The average Bonchev–Trinajstić information content (AvgIpc) is 2.76. The number of carbonyl (C=O) groups excluding carboxylic acids is 2. The van der Waals surface area contributed by atoms with Crippen LogP contribution in [0, 0.1) is 0 Å². The highest BCUT2D eigenvalue weighted by molar-refractivity contribution is 7.80. The fourth-order valence-corrected chi connectivity index (χ4v) is 2.52. The molecule has 8 heteroatoms. The smallest absolute Gasteiger partial charge is 0.273 e. The molecule has 0 aromatic heterocycles. The first-order valence-corrected chi connectivity index (χ1v) is 9.98. The molecule has 0 saturated carbocycles. The van der Waals surface area contributed by atoms with Crippen LogP contribution in [0.25, 0.3) is 6.08 Å². The molecular weight excluding hydrogens is 402 g/mol. The molecule has 0 bridgehead atoms. The molecule has 0 saturated heterocycles. The molecule has 0 spiro atoms. The first kappa shape index (κ1) is 22.9. The topological polar surface area (TPSA) is 88.7 Å². The highest BCUT2D eigenvalue weighted by Crippen LogP contribution is 2.17. The van der Waals surface area contributed by atoms with Gasteiger partial charge in [-0.3, -0.25) is 25.8 Å². The van der Waals surface area contributed by atoms with Crippen LogP contribution in [0.2, 0.25) is 0 Å². The number of hydrazine groups is 1. The van der Waals surface area contributed by atoms with Gasteiger partial charge in [-0.1, -0.05) is 31.2 Å². The molecule has 0 aliphatic rings. The van der Waals surface area contributed by atoms with Gasteiger partial charge in [-0.05, 0) is 61.5 Å². The van der Waals surface area contributed by atoms with Crippen LogP contribution >= 0.6 is 12.2 Å². The summed E-state index contributed by atoms with van der Waals surface area (Å²) in [6.07, 6.45) is 3.82. The highest BCUT2D eigenvalue weighted by atomic mass is 32.1. The van der Waals surface area contributed by atoms with Crippen LogP contribution in [0.4, 0.5) is 0 Å². The largest absolute Gasteiger partial charge is 0.494 e. The van der Waals surface area contributed by atoms with Crippen LogP contribution in [-0.2, 0) is 4.79 Å². The number of hydrogen-bond acceptors (Lipinski definition) is 5. The van der Waals surface area contributed by atoms with Crippen LogP contribution in [0.15, 0.2) is 54.6 Å². The van der Waals surface area contributed by atoms with Crippen LogP contribution in [-0.4, -0.2) is 30.1 Å². The minimum atomic E-state index is -0.428. The number of thiocarbonyl (C=S) groups is 1. The first-order valence-electron chi connectivity index (χ1n) is 9.57. The Labute approximate surface area is 181 Å². The molecular formula is C22H25N3O4S. The zero-order valence-corrected chi connectivity index (χ0v) is 17.8. The molecule has 3 N–H and O–H groups in total. The maximum atomic E-state index is 12.4. The van der Waals surface area contributed by atoms with Crippen molar-refractivity contribution in [3.8, 4) is 11.5 Å². The van der Waals surface area contributed by atoms with Crippen molar-refractivity contribution in [1.29, 1.82) is 0 Å². The molecule has 2 aromatic carbocycles. The third kappa shape index (κ3) is 7.56. The number of ether oxygens (including phenoxy) is 2. The fraction of sp³-hybridized carbons (Fsp3) is 0.227. The number of carbonyl (C=O) groups is 2. The number of nitrogens with one attached hydrogen (secondary N) is 3. The lowest BCUT2D eigenvalue weighted by Crippen LogP contribution is -2.48. The van der Waals surface area contributed by atoms with Crippen LogP contribution in [0.3, 0.4) is 0 Å². The zero-order chi connectivity index (χ0) is 21.8. The predicted octanol–water partition coefficient (Wildman–Crippen LogP) is 3.22. The highest BCUT2D eigenvalue weighted by Gasteiger charge is 2.12. The molecule has 158 valence electrons.